The molecule has 1 N–H and O–H groups in total. The van der Waals surface area contributed by atoms with Crippen LogP contribution in [-0.2, 0) is 36.9 Å². The first-order chi connectivity index (χ1) is 16.0. The Labute approximate surface area is 210 Å². The fraction of sp³-hybridized carbons (Fsp3) is 0.292. The molecule has 1 fully saturated rings. The van der Waals surface area contributed by atoms with Gasteiger partial charge in [0, 0.05) is 17.3 Å². The lowest BCUT2D eigenvalue weighted by atomic mass is 9.98. The van der Waals surface area contributed by atoms with Gasteiger partial charge in [0.05, 0.1) is 6.42 Å². The average molecular weight is 578 g/mol. The van der Waals surface area contributed by atoms with E-state index >= 15 is 0 Å². The molecule has 2 amide bonds. The van der Waals surface area contributed by atoms with Crippen LogP contribution in [0.4, 0.5) is 0 Å². The number of ether oxygens (including phenoxy) is 2. The lowest BCUT2D eigenvalue weighted by Crippen LogP contribution is -2.80. The third-order valence-corrected chi connectivity index (χ3v) is 7.83. The van der Waals surface area contributed by atoms with E-state index in [4.69, 9.17) is 9.47 Å². The number of nitrogens with one attached hydrogen (secondary N) is 1. The number of amides is 2. The minimum atomic E-state index is -1.52. The van der Waals surface area contributed by atoms with Gasteiger partial charge in [-0.05, 0) is 16.7 Å². The molecular formula is C24H23IN2O5S. The lowest BCUT2D eigenvalue weighted by molar-refractivity contribution is -0.193. The van der Waals surface area contributed by atoms with E-state index in [1.165, 1.54) is 23.8 Å². The summed E-state index contributed by atoms with van der Waals surface area (Å²) in [5, 5.41) is 2.22. The largest absolute Gasteiger partial charge is 0.456 e. The predicted molar refractivity (Wildman–Crippen MR) is 133 cm³/mol. The summed E-state index contributed by atoms with van der Waals surface area (Å²) in [7, 11) is 1.39. The maximum atomic E-state index is 13.3. The number of hydrogen-bond donors (Lipinski definition) is 1. The molecule has 0 aromatic heterocycles. The molecule has 172 valence electrons. The number of rotatable bonds is 8. The van der Waals surface area contributed by atoms with E-state index in [9.17, 15) is 14.4 Å². The van der Waals surface area contributed by atoms with E-state index in [0.29, 0.717) is 10.2 Å². The van der Waals surface area contributed by atoms with Gasteiger partial charge in [-0.1, -0.05) is 83.3 Å². The predicted octanol–water partition coefficient (Wildman–Crippen LogP) is 3.04. The Morgan fingerprint density at radius 3 is 2.36 bits per heavy atom. The normalized spacial score (nSPS) is 21.8. The van der Waals surface area contributed by atoms with E-state index in [1.54, 1.807) is 0 Å². The quantitative estimate of drug-likeness (QED) is 0.171. The van der Waals surface area contributed by atoms with Crippen molar-refractivity contribution in [3.8, 4) is 0 Å². The molecule has 33 heavy (non-hydrogen) atoms. The van der Waals surface area contributed by atoms with Crippen LogP contribution in [0.3, 0.4) is 0 Å². The minimum Gasteiger partial charge on any atom is -0.456 e. The summed E-state index contributed by atoms with van der Waals surface area (Å²) in [6, 6.07) is 18.6. The average Bonchev–Trinajstić information content (AvgIpc) is 2.85. The van der Waals surface area contributed by atoms with Gasteiger partial charge in [0.15, 0.2) is 0 Å². The van der Waals surface area contributed by atoms with Crippen molar-refractivity contribution < 1.29 is 23.9 Å². The highest BCUT2D eigenvalue weighted by Crippen LogP contribution is 2.47. The van der Waals surface area contributed by atoms with Crippen LogP contribution in [-0.4, -0.2) is 51.1 Å². The number of nitrogens with zero attached hydrogens (tertiary/aromatic N) is 1. The molecule has 0 spiro atoms. The van der Waals surface area contributed by atoms with Crippen LogP contribution in [0.25, 0.3) is 0 Å². The molecule has 2 aromatic carbocycles. The molecule has 9 heteroatoms. The third kappa shape index (κ3) is 4.67. The molecule has 0 radical (unpaired) electrons. The number of benzene rings is 2. The number of fused-ring (bicyclic) bond motifs is 1. The van der Waals surface area contributed by atoms with Crippen LogP contribution in [0, 0.1) is 0 Å². The third-order valence-electron chi connectivity index (χ3n) is 5.53. The monoisotopic (exact) mass is 578 g/mol. The van der Waals surface area contributed by atoms with Gasteiger partial charge in [-0.2, -0.15) is 0 Å². The van der Waals surface area contributed by atoms with Gasteiger partial charge in [0.1, 0.15) is 17.7 Å². The summed E-state index contributed by atoms with van der Waals surface area (Å²) in [4.78, 5) is 40.5. The highest BCUT2D eigenvalue weighted by molar-refractivity contribution is 14.1. The molecule has 0 bridgehead atoms. The van der Waals surface area contributed by atoms with Crippen LogP contribution in [0.15, 0.2) is 71.9 Å². The van der Waals surface area contributed by atoms with Crippen LogP contribution < -0.4 is 5.32 Å². The maximum absolute atomic E-state index is 13.3. The van der Waals surface area contributed by atoms with E-state index in [-0.39, 0.29) is 24.6 Å². The molecule has 2 atom stereocenters. The summed E-state index contributed by atoms with van der Waals surface area (Å²) in [6.07, 6.45) is 0.122. The summed E-state index contributed by atoms with van der Waals surface area (Å²) < 4.78 is 11.7. The number of hydrogen-bond acceptors (Lipinski definition) is 6. The molecule has 4 rings (SSSR count). The molecular weight excluding hydrogens is 555 g/mol. The highest BCUT2D eigenvalue weighted by atomic mass is 127. The van der Waals surface area contributed by atoms with E-state index in [1.807, 2.05) is 60.7 Å². The van der Waals surface area contributed by atoms with E-state index < -0.39 is 23.0 Å². The Bertz CT molecular complexity index is 1080. The Kier molecular flexibility index (Phi) is 7.40. The van der Waals surface area contributed by atoms with Gasteiger partial charge in [-0.3, -0.25) is 14.5 Å². The van der Waals surface area contributed by atoms with E-state index in [2.05, 4.69) is 27.9 Å². The van der Waals surface area contributed by atoms with Crippen molar-refractivity contribution in [2.24, 2.45) is 0 Å². The van der Waals surface area contributed by atoms with Gasteiger partial charge in [-0.15, -0.1) is 11.8 Å². The fourth-order valence-corrected chi connectivity index (χ4v) is 6.29. The zero-order chi connectivity index (χ0) is 23.4. The van der Waals surface area contributed by atoms with Crippen molar-refractivity contribution in [2.45, 2.75) is 24.1 Å². The smallest absolute Gasteiger partial charge is 0.355 e. The number of alkyl halides is 1. The minimum absolute atomic E-state index is 0.112. The molecule has 1 saturated heterocycles. The second-order valence-corrected chi connectivity index (χ2v) is 9.47. The number of carbonyl (C=O) groups is 3. The number of β-lactam (4-membered cyclic amide) rings is 1. The Hall–Kier alpha value is -2.37. The topological polar surface area (TPSA) is 84.9 Å². The second kappa shape index (κ2) is 10.3. The van der Waals surface area contributed by atoms with Gasteiger partial charge >= 0.3 is 5.97 Å². The molecule has 7 nitrogen and oxygen atoms in total. The van der Waals surface area contributed by atoms with E-state index in [0.717, 1.165) is 16.7 Å². The zero-order valence-corrected chi connectivity index (χ0v) is 20.9. The standard InChI is InChI=1S/C24H23IN2O5S/c1-31-24(26-19(28)12-16-8-4-2-5-9-16)22(30)27-20(18(13-25)15-33-23(24)27)21(29)32-14-17-10-6-3-7-11-17/h2-11,23H,12-15H2,1H3,(H,26,28)/t23-,24?/m1/s1. The lowest BCUT2D eigenvalue weighted by Gasteiger charge is -2.56. The Morgan fingerprint density at radius 2 is 1.76 bits per heavy atom. The molecule has 2 aliphatic rings. The fourth-order valence-electron chi connectivity index (χ4n) is 3.86. The van der Waals surface area contributed by atoms with Crippen LogP contribution >= 0.6 is 34.4 Å². The molecule has 2 aliphatic heterocycles. The Balaban J connectivity index is 1.51. The molecule has 2 aromatic rings. The molecule has 0 saturated carbocycles. The number of esters is 1. The van der Waals surface area contributed by atoms with Crippen molar-refractivity contribution in [3.05, 3.63) is 83.1 Å². The van der Waals surface area contributed by atoms with Crippen LogP contribution in [0.5, 0.6) is 0 Å². The van der Waals surface area contributed by atoms with Crippen molar-refractivity contribution >= 4 is 52.1 Å². The van der Waals surface area contributed by atoms with Gasteiger partial charge in [0.2, 0.25) is 5.91 Å². The number of halogens is 1. The van der Waals surface area contributed by atoms with Crippen molar-refractivity contribution in [2.75, 3.05) is 17.3 Å². The van der Waals surface area contributed by atoms with Crippen molar-refractivity contribution in [3.63, 3.8) is 0 Å². The Morgan fingerprint density at radius 1 is 1.12 bits per heavy atom. The molecule has 0 aliphatic carbocycles. The summed E-state index contributed by atoms with van der Waals surface area (Å²) in [5.74, 6) is -0.817. The summed E-state index contributed by atoms with van der Waals surface area (Å²) in [5.41, 5.74) is 1.25. The first kappa shape index (κ1) is 23.8. The van der Waals surface area contributed by atoms with Crippen molar-refractivity contribution in [1.82, 2.24) is 10.2 Å². The van der Waals surface area contributed by atoms with Crippen LogP contribution in [0.1, 0.15) is 11.1 Å². The zero-order valence-electron chi connectivity index (χ0n) is 18.0. The SMILES string of the molecule is COC1(NC(=O)Cc2ccccc2)C(=O)N2C(C(=O)OCc3ccccc3)=C(CI)CS[C@@H]21. The number of methoxy groups -OCH3 is 1. The molecule has 2 heterocycles. The summed E-state index contributed by atoms with van der Waals surface area (Å²) in [6.45, 7) is 0.112. The second-order valence-electron chi connectivity index (χ2n) is 7.64. The van der Waals surface area contributed by atoms with Crippen molar-refractivity contribution in [1.29, 1.82) is 0 Å². The van der Waals surface area contributed by atoms with Gasteiger partial charge < -0.3 is 14.8 Å². The molecule has 1 unspecified atom stereocenters. The summed E-state index contributed by atoms with van der Waals surface area (Å²) >= 11 is 3.64. The van der Waals surface area contributed by atoms with Gasteiger partial charge in [0.25, 0.3) is 11.6 Å². The maximum Gasteiger partial charge on any atom is 0.355 e. The first-order valence-corrected chi connectivity index (χ1v) is 12.9. The van der Waals surface area contributed by atoms with Crippen LogP contribution in [0.2, 0.25) is 0 Å². The van der Waals surface area contributed by atoms with Gasteiger partial charge in [-0.25, -0.2) is 4.79 Å². The first-order valence-electron chi connectivity index (χ1n) is 10.3. The number of carbonyl (C=O) groups excluding carboxylic acids is 3. The number of thioether (sulfide) groups is 1. The highest BCUT2D eigenvalue weighted by Gasteiger charge is 2.66.